The molecule has 5 nitrogen and oxygen atoms in total. The Bertz CT molecular complexity index is 886. The summed E-state index contributed by atoms with van der Waals surface area (Å²) in [5.41, 5.74) is 1.66. The summed E-state index contributed by atoms with van der Waals surface area (Å²) in [5, 5.41) is 6.11. The lowest BCUT2D eigenvalue weighted by atomic mass is 10.2. The molecule has 0 saturated carbocycles. The average Bonchev–Trinajstić information content (AvgIpc) is 2.64. The first-order chi connectivity index (χ1) is 12.5. The van der Waals surface area contributed by atoms with Gasteiger partial charge < -0.3 is 10.6 Å². The Kier molecular flexibility index (Phi) is 5.36. The van der Waals surface area contributed by atoms with Crippen LogP contribution in [0, 0.1) is 11.6 Å². The molecular weight excluding hydrogens is 336 g/mol. The van der Waals surface area contributed by atoms with Gasteiger partial charge >= 0.3 is 0 Å². The summed E-state index contributed by atoms with van der Waals surface area (Å²) in [6.45, 7) is 4.08. The normalized spacial score (nSPS) is 11.8. The van der Waals surface area contributed by atoms with Gasteiger partial charge in [-0.25, -0.2) is 13.8 Å². The van der Waals surface area contributed by atoms with Crippen molar-refractivity contribution in [3.8, 4) is 11.3 Å². The van der Waals surface area contributed by atoms with Crippen LogP contribution in [-0.2, 0) is 0 Å². The molecule has 3 aromatic rings. The lowest BCUT2D eigenvalue weighted by Crippen LogP contribution is -2.16. The van der Waals surface area contributed by atoms with E-state index in [2.05, 4.69) is 32.5 Å². The molecule has 0 spiro atoms. The summed E-state index contributed by atoms with van der Waals surface area (Å²) in [7, 11) is 0. The van der Waals surface area contributed by atoms with Crippen LogP contribution in [-0.4, -0.2) is 21.0 Å². The number of nitrogens with zero attached hydrogens (tertiary/aromatic N) is 3. The predicted molar refractivity (Wildman–Crippen MR) is 98.3 cm³/mol. The number of nitrogens with one attached hydrogen (secondary N) is 2. The van der Waals surface area contributed by atoms with Gasteiger partial charge in [0.2, 0.25) is 5.95 Å². The molecule has 134 valence electrons. The second-order valence-corrected chi connectivity index (χ2v) is 5.90. The van der Waals surface area contributed by atoms with Gasteiger partial charge in [-0.05, 0) is 37.6 Å². The minimum Gasteiger partial charge on any atom is -0.352 e. The van der Waals surface area contributed by atoms with Crippen molar-refractivity contribution in [3.63, 3.8) is 0 Å². The van der Waals surface area contributed by atoms with Gasteiger partial charge in [-0.1, -0.05) is 6.92 Å². The van der Waals surface area contributed by atoms with Crippen LogP contribution in [0.4, 0.5) is 26.2 Å². The number of benzene rings is 1. The van der Waals surface area contributed by atoms with E-state index >= 15 is 0 Å². The summed E-state index contributed by atoms with van der Waals surface area (Å²) in [4.78, 5) is 12.9. The molecule has 0 aliphatic rings. The van der Waals surface area contributed by atoms with E-state index in [4.69, 9.17) is 0 Å². The molecule has 0 unspecified atom stereocenters. The highest BCUT2D eigenvalue weighted by Crippen LogP contribution is 2.25. The van der Waals surface area contributed by atoms with Crippen LogP contribution >= 0.6 is 0 Å². The fourth-order valence-corrected chi connectivity index (χ4v) is 2.30. The molecule has 0 aliphatic carbocycles. The van der Waals surface area contributed by atoms with Crippen molar-refractivity contribution in [1.29, 1.82) is 0 Å². The molecule has 2 heterocycles. The monoisotopic (exact) mass is 355 g/mol. The summed E-state index contributed by atoms with van der Waals surface area (Å²) >= 11 is 0. The van der Waals surface area contributed by atoms with E-state index in [-0.39, 0.29) is 11.7 Å². The predicted octanol–water partition coefficient (Wildman–Crippen LogP) is 4.77. The van der Waals surface area contributed by atoms with Crippen molar-refractivity contribution in [3.05, 3.63) is 60.4 Å². The Morgan fingerprint density at radius 1 is 1.04 bits per heavy atom. The van der Waals surface area contributed by atoms with Crippen LogP contribution in [0.2, 0.25) is 0 Å². The van der Waals surface area contributed by atoms with E-state index in [9.17, 15) is 8.78 Å². The molecule has 7 heteroatoms. The van der Waals surface area contributed by atoms with Crippen molar-refractivity contribution < 1.29 is 8.78 Å². The van der Waals surface area contributed by atoms with E-state index in [1.807, 2.05) is 19.1 Å². The third-order valence-corrected chi connectivity index (χ3v) is 3.88. The smallest absolute Gasteiger partial charge is 0.225 e. The Morgan fingerprint density at radius 2 is 1.81 bits per heavy atom. The van der Waals surface area contributed by atoms with Gasteiger partial charge in [0.1, 0.15) is 17.5 Å². The first kappa shape index (κ1) is 17.7. The van der Waals surface area contributed by atoms with Crippen LogP contribution in [0.25, 0.3) is 11.3 Å². The fourth-order valence-electron chi connectivity index (χ4n) is 2.30. The molecule has 2 aromatic heterocycles. The number of hydrogen-bond acceptors (Lipinski definition) is 5. The summed E-state index contributed by atoms with van der Waals surface area (Å²) in [6.07, 6.45) is 4.25. The van der Waals surface area contributed by atoms with Crippen LogP contribution in [0.1, 0.15) is 20.3 Å². The van der Waals surface area contributed by atoms with Crippen LogP contribution < -0.4 is 10.6 Å². The molecule has 26 heavy (non-hydrogen) atoms. The third-order valence-electron chi connectivity index (χ3n) is 3.88. The lowest BCUT2D eigenvalue weighted by Gasteiger charge is -2.15. The van der Waals surface area contributed by atoms with Crippen molar-refractivity contribution in [2.45, 2.75) is 26.3 Å². The molecule has 0 bridgehead atoms. The minimum absolute atomic E-state index is 0.139. The van der Waals surface area contributed by atoms with Crippen molar-refractivity contribution in [2.75, 3.05) is 10.6 Å². The lowest BCUT2D eigenvalue weighted by molar-refractivity contribution is 0.586. The molecular formula is C19H19F2N5. The van der Waals surface area contributed by atoms with Crippen LogP contribution in [0.5, 0.6) is 0 Å². The molecule has 0 saturated heterocycles. The topological polar surface area (TPSA) is 62.7 Å². The highest BCUT2D eigenvalue weighted by atomic mass is 19.1. The largest absolute Gasteiger partial charge is 0.352 e. The zero-order chi connectivity index (χ0) is 18.5. The average molecular weight is 355 g/mol. The second kappa shape index (κ2) is 7.86. The molecule has 1 atom stereocenters. The van der Waals surface area contributed by atoms with Gasteiger partial charge in [0, 0.05) is 36.1 Å². The molecule has 0 fully saturated rings. The van der Waals surface area contributed by atoms with Crippen LogP contribution in [0.15, 0.2) is 48.8 Å². The first-order valence-corrected chi connectivity index (χ1v) is 8.33. The number of aromatic nitrogens is 3. The molecule has 2 N–H and O–H groups in total. The van der Waals surface area contributed by atoms with Crippen molar-refractivity contribution >= 4 is 17.5 Å². The Hall–Kier alpha value is -3.09. The maximum atomic E-state index is 14.0. The summed E-state index contributed by atoms with van der Waals surface area (Å²) < 4.78 is 27.1. The quantitative estimate of drug-likeness (QED) is 0.667. The SMILES string of the molecule is CC[C@@H](C)Nc1nc(Nc2ccc(F)cc2F)cc(-c2ccncc2)n1. The summed E-state index contributed by atoms with van der Waals surface area (Å²) in [5.74, 6) is -0.486. The Balaban J connectivity index is 1.98. The molecule has 0 aliphatic heterocycles. The van der Waals surface area contributed by atoms with Gasteiger partial charge in [-0.15, -0.1) is 0 Å². The Morgan fingerprint density at radius 3 is 2.50 bits per heavy atom. The molecule has 3 rings (SSSR count). The standard InChI is InChI=1S/C19H19F2N5/c1-3-12(2)23-19-25-17(13-6-8-22-9-7-13)11-18(26-19)24-16-5-4-14(20)10-15(16)21/h4-12H,3H2,1-2H3,(H2,23,24,25,26)/t12-/m1/s1. The zero-order valence-electron chi connectivity index (χ0n) is 14.5. The zero-order valence-corrected chi connectivity index (χ0v) is 14.5. The number of rotatable bonds is 6. The van der Waals surface area contributed by atoms with Gasteiger partial charge in [0.25, 0.3) is 0 Å². The maximum absolute atomic E-state index is 14.0. The van der Waals surface area contributed by atoms with Gasteiger partial charge in [-0.2, -0.15) is 4.98 Å². The maximum Gasteiger partial charge on any atom is 0.225 e. The third kappa shape index (κ3) is 4.30. The summed E-state index contributed by atoms with van der Waals surface area (Å²) in [6, 6.07) is 8.90. The highest BCUT2D eigenvalue weighted by molar-refractivity contribution is 5.67. The number of anilines is 3. The van der Waals surface area contributed by atoms with Gasteiger partial charge in [0.05, 0.1) is 11.4 Å². The fraction of sp³-hybridized carbons (Fsp3) is 0.211. The van der Waals surface area contributed by atoms with Crippen LogP contribution in [0.3, 0.4) is 0 Å². The first-order valence-electron chi connectivity index (χ1n) is 8.33. The number of hydrogen-bond donors (Lipinski definition) is 2. The van der Waals surface area contributed by atoms with E-state index in [1.54, 1.807) is 18.5 Å². The van der Waals surface area contributed by atoms with E-state index in [0.29, 0.717) is 17.5 Å². The molecule has 1 aromatic carbocycles. The van der Waals surface area contributed by atoms with Crippen molar-refractivity contribution in [2.24, 2.45) is 0 Å². The number of pyridine rings is 1. The van der Waals surface area contributed by atoms with E-state index in [0.717, 1.165) is 18.1 Å². The van der Waals surface area contributed by atoms with E-state index in [1.165, 1.54) is 12.1 Å². The van der Waals surface area contributed by atoms with Gasteiger partial charge in [-0.3, -0.25) is 4.98 Å². The second-order valence-electron chi connectivity index (χ2n) is 5.90. The molecule has 0 radical (unpaired) electrons. The Labute approximate surface area is 150 Å². The van der Waals surface area contributed by atoms with Crippen molar-refractivity contribution in [1.82, 2.24) is 15.0 Å². The number of halogens is 2. The highest BCUT2D eigenvalue weighted by Gasteiger charge is 2.11. The minimum atomic E-state index is -0.689. The van der Waals surface area contributed by atoms with Gasteiger partial charge in [0.15, 0.2) is 0 Å². The molecule has 0 amide bonds. The van der Waals surface area contributed by atoms with E-state index < -0.39 is 11.6 Å².